The molecule has 0 saturated carbocycles. The molecule has 1 aromatic heterocycles. The molecule has 12 heteroatoms. The third-order valence-electron chi connectivity index (χ3n) is 5.93. The Morgan fingerprint density at radius 3 is 2.45 bits per heavy atom. The Hall–Kier alpha value is -3.90. The summed E-state index contributed by atoms with van der Waals surface area (Å²) in [5, 5.41) is 2.45. The van der Waals surface area contributed by atoms with Gasteiger partial charge >= 0.3 is 6.36 Å². The second-order valence-electron chi connectivity index (χ2n) is 8.89. The average Bonchev–Trinajstić information content (AvgIpc) is 2.86. The average molecular weight is 532 g/mol. The van der Waals surface area contributed by atoms with Crippen LogP contribution in [0.4, 0.5) is 23.2 Å². The van der Waals surface area contributed by atoms with E-state index >= 15 is 0 Å². The number of hydrogen-bond donors (Lipinski definition) is 1. The fourth-order valence-corrected chi connectivity index (χ4v) is 3.92. The molecule has 2 aromatic carbocycles. The summed E-state index contributed by atoms with van der Waals surface area (Å²) in [5.41, 5.74) is 1.05. The van der Waals surface area contributed by atoms with Crippen LogP contribution in [-0.2, 0) is 11.2 Å². The highest BCUT2D eigenvalue weighted by atomic mass is 19.4. The van der Waals surface area contributed by atoms with Gasteiger partial charge in [0.25, 0.3) is 0 Å². The number of alkyl halides is 3. The van der Waals surface area contributed by atoms with Crippen molar-refractivity contribution in [1.29, 1.82) is 0 Å². The van der Waals surface area contributed by atoms with Gasteiger partial charge in [0.1, 0.15) is 5.82 Å². The van der Waals surface area contributed by atoms with Crippen molar-refractivity contribution in [2.75, 3.05) is 45.1 Å². The molecule has 1 saturated heterocycles. The molecule has 8 nitrogen and oxygen atoms in total. The summed E-state index contributed by atoms with van der Waals surface area (Å²) in [6.45, 7) is 2.82. The third-order valence-corrected chi connectivity index (χ3v) is 5.93. The number of ketones is 1. The van der Waals surface area contributed by atoms with E-state index in [9.17, 15) is 27.2 Å². The Bertz CT molecular complexity index is 1290. The number of piperazine rings is 1. The van der Waals surface area contributed by atoms with Crippen LogP contribution in [0.2, 0.25) is 0 Å². The number of nitrogens with one attached hydrogen (secondary N) is 1. The van der Waals surface area contributed by atoms with Gasteiger partial charge in [-0.3, -0.25) is 24.5 Å². The van der Waals surface area contributed by atoms with Gasteiger partial charge in [-0.25, -0.2) is 4.39 Å². The zero-order valence-electron chi connectivity index (χ0n) is 20.5. The van der Waals surface area contributed by atoms with E-state index in [1.54, 1.807) is 6.07 Å². The molecule has 0 spiro atoms. The van der Waals surface area contributed by atoms with Gasteiger partial charge in [-0.1, -0.05) is 12.1 Å². The molecule has 1 fully saturated rings. The summed E-state index contributed by atoms with van der Waals surface area (Å²) >= 11 is 0. The van der Waals surface area contributed by atoms with Crippen molar-refractivity contribution in [2.24, 2.45) is 0 Å². The van der Waals surface area contributed by atoms with Gasteiger partial charge in [0, 0.05) is 43.5 Å². The predicted molar refractivity (Wildman–Crippen MR) is 131 cm³/mol. The number of hydrogen-bond acceptors (Lipinski definition) is 7. The first-order chi connectivity index (χ1) is 18.1. The van der Waals surface area contributed by atoms with E-state index in [2.05, 4.69) is 24.9 Å². The summed E-state index contributed by atoms with van der Waals surface area (Å²) in [6, 6.07) is 9.15. The lowest BCUT2D eigenvalue weighted by molar-refractivity contribution is -0.274. The maximum Gasteiger partial charge on any atom is 0.573 e. The molecule has 3 aromatic rings. The number of rotatable bonds is 8. The number of aromatic nitrogens is 2. The van der Waals surface area contributed by atoms with Gasteiger partial charge < -0.3 is 15.0 Å². The van der Waals surface area contributed by atoms with E-state index in [1.807, 2.05) is 11.9 Å². The molecule has 200 valence electrons. The minimum Gasteiger partial charge on any atom is -0.404 e. The molecule has 0 radical (unpaired) electrons. The maximum absolute atomic E-state index is 13.5. The fraction of sp³-hybridized carbons (Fsp3) is 0.308. The van der Waals surface area contributed by atoms with Crippen LogP contribution in [0.5, 0.6) is 5.75 Å². The Morgan fingerprint density at radius 2 is 1.79 bits per heavy atom. The van der Waals surface area contributed by atoms with Gasteiger partial charge in [0.05, 0.1) is 36.2 Å². The molecule has 0 aliphatic carbocycles. The number of carbonyl (C=O) groups is 2. The van der Waals surface area contributed by atoms with Gasteiger partial charge in [-0.15, -0.1) is 13.2 Å². The van der Waals surface area contributed by atoms with E-state index < -0.39 is 29.6 Å². The Labute approximate surface area is 216 Å². The van der Waals surface area contributed by atoms with E-state index in [4.69, 9.17) is 0 Å². The van der Waals surface area contributed by atoms with Crippen LogP contribution in [-0.4, -0.2) is 77.6 Å². The van der Waals surface area contributed by atoms with Crippen molar-refractivity contribution < 1.29 is 31.9 Å². The van der Waals surface area contributed by atoms with Crippen molar-refractivity contribution >= 4 is 17.4 Å². The number of benzene rings is 2. The van der Waals surface area contributed by atoms with Crippen LogP contribution < -0.4 is 10.1 Å². The number of likely N-dealkylation sites (N-methyl/N-ethyl adjacent to an activating group) is 1. The van der Waals surface area contributed by atoms with E-state index in [0.29, 0.717) is 30.0 Å². The predicted octanol–water partition coefficient (Wildman–Crippen LogP) is 3.79. The molecule has 1 amide bonds. The molecular formula is C26H25F4N5O3. The van der Waals surface area contributed by atoms with E-state index in [1.165, 1.54) is 36.7 Å². The van der Waals surface area contributed by atoms with Crippen LogP contribution in [0.3, 0.4) is 0 Å². The lowest BCUT2D eigenvalue weighted by Crippen LogP contribution is -2.47. The standard InChI is InChI=1S/C26H25F4N5O3/c1-34-7-9-35(10-8-34)16-25(37)33-21-12-18(5-6-24(21)38-26(28,29)30)23(36)13-20-14-32-22(15-31-20)17-3-2-4-19(27)11-17/h2-6,11-12,14-15H,7-10,13,16H2,1H3,(H,33,37). The molecule has 0 unspecified atom stereocenters. The fourth-order valence-electron chi connectivity index (χ4n) is 3.92. The highest BCUT2D eigenvalue weighted by Gasteiger charge is 2.32. The monoisotopic (exact) mass is 531 g/mol. The lowest BCUT2D eigenvalue weighted by Gasteiger charge is -2.31. The molecule has 4 rings (SSSR count). The largest absolute Gasteiger partial charge is 0.573 e. The topological polar surface area (TPSA) is 87.7 Å². The van der Waals surface area contributed by atoms with Gasteiger partial charge in [0.2, 0.25) is 5.91 Å². The Balaban J connectivity index is 1.47. The van der Waals surface area contributed by atoms with Gasteiger partial charge in [0.15, 0.2) is 11.5 Å². The first-order valence-corrected chi connectivity index (χ1v) is 11.8. The van der Waals surface area contributed by atoms with Crippen LogP contribution in [0.15, 0.2) is 54.9 Å². The number of amides is 1. The number of ether oxygens (including phenoxy) is 1. The minimum atomic E-state index is -4.98. The highest BCUT2D eigenvalue weighted by Crippen LogP contribution is 2.31. The first-order valence-electron chi connectivity index (χ1n) is 11.8. The number of halogens is 4. The summed E-state index contributed by atoms with van der Waals surface area (Å²) in [4.78, 5) is 37.9. The maximum atomic E-state index is 13.5. The van der Waals surface area contributed by atoms with E-state index in [-0.39, 0.29) is 24.2 Å². The number of carbonyl (C=O) groups excluding carboxylic acids is 2. The van der Waals surface area contributed by atoms with Crippen molar-refractivity contribution in [3.05, 3.63) is 71.9 Å². The highest BCUT2D eigenvalue weighted by molar-refractivity contribution is 6.00. The number of Topliss-reactive ketones (excluding diaryl/α,β-unsaturated/α-hetero) is 1. The summed E-state index contributed by atoms with van der Waals surface area (Å²) in [6.07, 6.45) is -2.40. The van der Waals surface area contributed by atoms with Crippen LogP contribution in [0, 0.1) is 5.82 Å². The van der Waals surface area contributed by atoms with E-state index in [0.717, 1.165) is 25.2 Å². The van der Waals surface area contributed by atoms with Gasteiger partial charge in [-0.05, 0) is 37.4 Å². The van der Waals surface area contributed by atoms with Crippen molar-refractivity contribution in [1.82, 2.24) is 19.8 Å². The third kappa shape index (κ3) is 7.56. The van der Waals surface area contributed by atoms with Crippen LogP contribution in [0.25, 0.3) is 11.3 Å². The number of nitrogens with zero attached hydrogens (tertiary/aromatic N) is 4. The zero-order valence-corrected chi connectivity index (χ0v) is 20.5. The minimum absolute atomic E-state index is 0.00920. The SMILES string of the molecule is CN1CCN(CC(=O)Nc2cc(C(=O)Cc3cnc(-c4cccc(F)c4)cn3)ccc2OC(F)(F)F)CC1. The number of anilines is 1. The summed E-state index contributed by atoms with van der Waals surface area (Å²) in [5.74, 6) is -2.02. The smallest absolute Gasteiger partial charge is 0.404 e. The summed E-state index contributed by atoms with van der Waals surface area (Å²) < 4.78 is 56.3. The molecular weight excluding hydrogens is 506 g/mol. The quantitative estimate of drug-likeness (QED) is 0.350. The second kappa shape index (κ2) is 11.7. The normalized spacial score (nSPS) is 14.8. The van der Waals surface area contributed by atoms with Crippen molar-refractivity contribution in [3.63, 3.8) is 0 Å². The van der Waals surface area contributed by atoms with Crippen LogP contribution in [0.1, 0.15) is 16.1 Å². The molecule has 0 bridgehead atoms. The zero-order chi connectivity index (χ0) is 27.3. The lowest BCUT2D eigenvalue weighted by atomic mass is 10.1. The Morgan fingerprint density at radius 1 is 1.03 bits per heavy atom. The molecule has 2 heterocycles. The van der Waals surface area contributed by atoms with Crippen molar-refractivity contribution in [3.8, 4) is 17.0 Å². The Kier molecular flexibility index (Phi) is 8.32. The second-order valence-corrected chi connectivity index (χ2v) is 8.89. The first kappa shape index (κ1) is 27.1. The van der Waals surface area contributed by atoms with Crippen LogP contribution >= 0.6 is 0 Å². The van der Waals surface area contributed by atoms with Crippen molar-refractivity contribution in [2.45, 2.75) is 12.8 Å². The molecule has 38 heavy (non-hydrogen) atoms. The molecule has 0 atom stereocenters. The molecule has 1 aliphatic heterocycles. The van der Waals surface area contributed by atoms with Gasteiger partial charge in [-0.2, -0.15) is 0 Å². The molecule has 1 aliphatic rings. The molecule has 1 N–H and O–H groups in total. The summed E-state index contributed by atoms with van der Waals surface area (Å²) in [7, 11) is 1.96.